The largest absolute Gasteiger partial charge is 0.317 e. The highest BCUT2D eigenvalue weighted by molar-refractivity contribution is 5.27. The van der Waals surface area contributed by atoms with Crippen molar-refractivity contribution in [3.63, 3.8) is 0 Å². The van der Waals surface area contributed by atoms with Crippen LogP contribution in [0.4, 0.5) is 0 Å². The predicted octanol–water partition coefficient (Wildman–Crippen LogP) is 2.82. The summed E-state index contributed by atoms with van der Waals surface area (Å²) in [7, 11) is 0. The van der Waals surface area contributed by atoms with Crippen LogP contribution in [0.15, 0.2) is 36.0 Å². The van der Waals surface area contributed by atoms with Gasteiger partial charge in [0.25, 0.3) is 0 Å². The molecule has 0 bridgehead atoms. The summed E-state index contributed by atoms with van der Waals surface area (Å²) in [5, 5.41) is 3.41. The standard InChI is InChI=1S/C13H19N/c1-2-4-6-12(5-3-1)11-13-7-9-14-10-8-13/h1,3-6,13-14H,2,7-11H2. The van der Waals surface area contributed by atoms with E-state index in [0.717, 1.165) is 12.3 Å². The third kappa shape index (κ3) is 2.85. The molecule has 0 amide bonds. The lowest BCUT2D eigenvalue weighted by molar-refractivity contribution is 0.374. The highest BCUT2D eigenvalue weighted by atomic mass is 14.9. The van der Waals surface area contributed by atoms with Crippen molar-refractivity contribution in [2.24, 2.45) is 5.92 Å². The van der Waals surface area contributed by atoms with Crippen molar-refractivity contribution in [1.29, 1.82) is 0 Å². The molecule has 2 aliphatic rings. The average molecular weight is 189 g/mol. The van der Waals surface area contributed by atoms with Gasteiger partial charge in [0.05, 0.1) is 0 Å². The number of nitrogens with one attached hydrogen (secondary N) is 1. The Hall–Kier alpha value is -0.820. The van der Waals surface area contributed by atoms with E-state index < -0.39 is 0 Å². The molecule has 0 saturated carbocycles. The number of hydrogen-bond donors (Lipinski definition) is 1. The normalized spacial score (nSPS) is 23.3. The summed E-state index contributed by atoms with van der Waals surface area (Å²) in [6.45, 7) is 2.41. The molecule has 2 rings (SSSR count). The topological polar surface area (TPSA) is 12.0 Å². The molecule has 1 heterocycles. The Labute approximate surface area is 86.6 Å². The van der Waals surface area contributed by atoms with Gasteiger partial charge in [-0.2, -0.15) is 0 Å². The first-order valence-corrected chi connectivity index (χ1v) is 5.68. The average Bonchev–Trinajstić information content (AvgIpc) is 2.48. The van der Waals surface area contributed by atoms with Crippen LogP contribution in [0.2, 0.25) is 0 Å². The Bertz CT molecular complexity index is 254. The van der Waals surface area contributed by atoms with Crippen molar-refractivity contribution in [3.05, 3.63) is 36.0 Å². The monoisotopic (exact) mass is 189 g/mol. The highest BCUT2D eigenvalue weighted by Crippen LogP contribution is 2.22. The van der Waals surface area contributed by atoms with E-state index in [9.17, 15) is 0 Å². The summed E-state index contributed by atoms with van der Waals surface area (Å²) in [5.41, 5.74) is 1.51. The van der Waals surface area contributed by atoms with Gasteiger partial charge in [-0.1, -0.05) is 30.4 Å². The summed E-state index contributed by atoms with van der Waals surface area (Å²) in [4.78, 5) is 0. The fourth-order valence-electron chi connectivity index (χ4n) is 2.18. The molecule has 1 nitrogen and oxygen atoms in total. The van der Waals surface area contributed by atoms with Crippen LogP contribution in [0.1, 0.15) is 25.7 Å². The lowest BCUT2D eigenvalue weighted by Gasteiger charge is -2.22. The summed E-state index contributed by atoms with van der Waals surface area (Å²) in [5.74, 6) is 0.902. The molecule has 1 aliphatic heterocycles. The second-order valence-corrected chi connectivity index (χ2v) is 4.21. The van der Waals surface area contributed by atoms with Crippen LogP contribution in [0.3, 0.4) is 0 Å². The molecule has 0 aromatic rings. The molecule has 1 N–H and O–H groups in total. The molecular formula is C13H19N. The van der Waals surface area contributed by atoms with Crippen LogP contribution in [-0.4, -0.2) is 13.1 Å². The molecule has 0 spiro atoms. The van der Waals surface area contributed by atoms with E-state index in [0.29, 0.717) is 0 Å². The SMILES string of the molecule is C1=CCC=CC(CC2CCNCC2)=C1. The lowest BCUT2D eigenvalue weighted by Crippen LogP contribution is -2.27. The van der Waals surface area contributed by atoms with Crippen LogP contribution < -0.4 is 5.32 Å². The van der Waals surface area contributed by atoms with Gasteiger partial charge in [0.2, 0.25) is 0 Å². The van der Waals surface area contributed by atoms with E-state index >= 15 is 0 Å². The first-order valence-electron chi connectivity index (χ1n) is 5.68. The maximum Gasteiger partial charge on any atom is -0.00462 e. The van der Waals surface area contributed by atoms with Gasteiger partial charge in [0.1, 0.15) is 0 Å². The fraction of sp³-hybridized carbons (Fsp3) is 0.538. The second-order valence-electron chi connectivity index (χ2n) is 4.21. The summed E-state index contributed by atoms with van der Waals surface area (Å²) in [6, 6.07) is 0. The van der Waals surface area contributed by atoms with E-state index in [1.165, 1.54) is 37.9 Å². The van der Waals surface area contributed by atoms with E-state index in [-0.39, 0.29) is 0 Å². The van der Waals surface area contributed by atoms with Gasteiger partial charge in [-0.3, -0.25) is 0 Å². The molecule has 0 aromatic heterocycles. The van der Waals surface area contributed by atoms with Crippen molar-refractivity contribution in [1.82, 2.24) is 5.32 Å². The molecule has 1 saturated heterocycles. The van der Waals surface area contributed by atoms with Crippen LogP contribution in [0.25, 0.3) is 0 Å². The van der Waals surface area contributed by atoms with Gasteiger partial charge in [0, 0.05) is 0 Å². The molecule has 1 aliphatic carbocycles. The number of rotatable bonds is 2. The maximum atomic E-state index is 3.41. The lowest BCUT2D eigenvalue weighted by atomic mass is 9.90. The molecule has 0 aromatic carbocycles. The zero-order valence-electron chi connectivity index (χ0n) is 8.71. The Kier molecular flexibility index (Phi) is 3.58. The van der Waals surface area contributed by atoms with Crippen LogP contribution in [0.5, 0.6) is 0 Å². The van der Waals surface area contributed by atoms with Gasteiger partial charge >= 0.3 is 0 Å². The van der Waals surface area contributed by atoms with Gasteiger partial charge in [0.15, 0.2) is 0 Å². The minimum atomic E-state index is 0.902. The van der Waals surface area contributed by atoms with E-state index in [1.54, 1.807) is 0 Å². The van der Waals surface area contributed by atoms with E-state index in [1.807, 2.05) is 0 Å². The quantitative estimate of drug-likeness (QED) is 0.704. The first kappa shape index (κ1) is 9.72. The Morgan fingerprint density at radius 1 is 1.21 bits per heavy atom. The molecule has 0 radical (unpaired) electrons. The molecular weight excluding hydrogens is 170 g/mol. The Balaban J connectivity index is 1.88. The van der Waals surface area contributed by atoms with Crippen molar-refractivity contribution in [2.75, 3.05) is 13.1 Å². The van der Waals surface area contributed by atoms with Gasteiger partial charge in [-0.25, -0.2) is 0 Å². The zero-order valence-corrected chi connectivity index (χ0v) is 8.71. The Morgan fingerprint density at radius 3 is 2.93 bits per heavy atom. The number of hydrogen-bond acceptors (Lipinski definition) is 1. The molecule has 1 fully saturated rings. The van der Waals surface area contributed by atoms with Gasteiger partial charge in [-0.15, -0.1) is 0 Å². The molecule has 1 heteroatoms. The van der Waals surface area contributed by atoms with Crippen molar-refractivity contribution in [2.45, 2.75) is 25.7 Å². The smallest absolute Gasteiger partial charge is 0.00462 e. The summed E-state index contributed by atoms with van der Waals surface area (Å²) in [6.07, 6.45) is 16.3. The van der Waals surface area contributed by atoms with E-state index in [4.69, 9.17) is 0 Å². The van der Waals surface area contributed by atoms with E-state index in [2.05, 4.69) is 35.7 Å². The molecule has 0 unspecified atom stereocenters. The Morgan fingerprint density at radius 2 is 2.07 bits per heavy atom. The zero-order chi connectivity index (χ0) is 9.64. The van der Waals surface area contributed by atoms with Crippen molar-refractivity contribution in [3.8, 4) is 0 Å². The molecule has 76 valence electrons. The van der Waals surface area contributed by atoms with Gasteiger partial charge in [-0.05, 0) is 50.3 Å². The fourth-order valence-corrected chi connectivity index (χ4v) is 2.18. The third-order valence-electron chi connectivity index (χ3n) is 3.03. The number of allylic oxidation sites excluding steroid dienone is 6. The van der Waals surface area contributed by atoms with Crippen molar-refractivity contribution < 1.29 is 0 Å². The second kappa shape index (κ2) is 5.16. The number of piperidine rings is 1. The predicted molar refractivity (Wildman–Crippen MR) is 61.2 cm³/mol. The minimum absolute atomic E-state index is 0.902. The maximum absolute atomic E-state index is 3.41. The third-order valence-corrected chi connectivity index (χ3v) is 3.03. The minimum Gasteiger partial charge on any atom is -0.317 e. The molecule has 0 atom stereocenters. The van der Waals surface area contributed by atoms with Crippen LogP contribution in [0, 0.1) is 5.92 Å². The van der Waals surface area contributed by atoms with Gasteiger partial charge < -0.3 is 5.32 Å². The highest BCUT2D eigenvalue weighted by Gasteiger charge is 2.13. The molecule has 14 heavy (non-hydrogen) atoms. The summed E-state index contributed by atoms with van der Waals surface area (Å²) < 4.78 is 0. The first-order chi connectivity index (χ1) is 6.95. The van der Waals surface area contributed by atoms with Crippen LogP contribution in [-0.2, 0) is 0 Å². The van der Waals surface area contributed by atoms with Crippen LogP contribution >= 0.6 is 0 Å². The van der Waals surface area contributed by atoms with Crippen molar-refractivity contribution >= 4 is 0 Å². The summed E-state index contributed by atoms with van der Waals surface area (Å²) >= 11 is 0.